The summed E-state index contributed by atoms with van der Waals surface area (Å²) in [6.07, 6.45) is 2.99. The Hall–Kier alpha value is -0.650. The van der Waals surface area contributed by atoms with Crippen molar-refractivity contribution in [1.82, 2.24) is 15.2 Å². The largest absolute Gasteiger partial charge is 0.286 e. The first kappa shape index (κ1) is 10.9. The molecule has 0 aromatic carbocycles. The summed E-state index contributed by atoms with van der Waals surface area (Å²) in [5.41, 5.74) is 0. The van der Waals surface area contributed by atoms with Crippen molar-refractivity contribution in [2.75, 3.05) is 0 Å². The van der Waals surface area contributed by atoms with E-state index < -0.39 is 0 Å². The molecule has 3 nitrogen and oxygen atoms in total. The molecule has 0 bridgehead atoms. The Morgan fingerprint density at radius 3 is 2.80 bits per heavy atom. The van der Waals surface area contributed by atoms with Gasteiger partial charge in [-0.3, -0.25) is 10.2 Å². The van der Waals surface area contributed by atoms with Crippen molar-refractivity contribution < 1.29 is 0 Å². The second-order valence-electron chi connectivity index (χ2n) is 3.17. The first-order valence-corrected chi connectivity index (χ1v) is 6.22. The van der Waals surface area contributed by atoms with Crippen LogP contribution >= 0.6 is 35.2 Å². The highest BCUT2D eigenvalue weighted by molar-refractivity contribution is 7.71. The lowest BCUT2D eigenvalue weighted by Gasteiger charge is -1.94. The van der Waals surface area contributed by atoms with Gasteiger partial charge < -0.3 is 0 Å². The summed E-state index contributed by atoms with van der Waals surface area (Å²) in [4.78, 5) is 5.44. The van der Waals surface area contributed by atoms with E-state index in [1.165, 1.54) is 4.88 Å². The van der Waals surface area contributed by atoms with E-state index in [4.69, 9.17) is 23.8 Å². The number of rotatable bonds is 4. The van der Waals surface area contributed by atoms with Crippen LogP contribution in [0.1, 0.15) is 17.1 Å². The molecular weight excluding hydrogens is 250 g/mol. The summed E-state index contributed by atoms with van der Waals surface area (Å²) >= 11 is 12.3. The summed E-state index contributed by atoms with van der Waals surface area (Å²) in [6.45, 7) is 0. The van der Waals surface area contributed by atoms with Crippen LogP contribution in [0.4, 0.5) is 0 Å². The van der Waals surface area contributed by atoms with Gasteiger partial charge in [-0.15, -0.1) is 11.3 Å². The lowest BCUT2D eigenvalue weighted by Crippen LogP contribution is -1.90. The average molecular weight is 260 g/mol. The van der Waals surface area contributed by atoms with Crippen molar-refractivity contribution in [3.05, 3.63) is 31.9 Å². The molecule has 0 aliphatic heterocycles. The van der Waals surface area contributed by atoms with E-state index in [0.717, 1.165) is 29.4 Å². The standard InChI is InChI=1S/C9H10ClN3S2/c10-7-5-4-6(15-7)2-1-3-8-11-9(14)13-12-8/h4-5H,1-3H2,(H2,11,12,13,14). The molecule has 0 unspecified atom stereocenters. The minimum absolute atomic E-state index is 0.518. The molecule has 0 saturated heterocycles. The van der Waals surface area contributed by atoms with Gasteiger partial charge in [0.15, 0.2) is 0 Å². The minimum atomic E-state index is 0.518. The van der Waals surface area contributed by atoms with Gasteiger partial charge in [-0.25, -0.2) is 4.98 Å². The highest BCUT2D eigenvalue weighted by Crippen LogP contribution is 2.22. The van der Waals surface area contributed by atoms with Crippen LogP contribution in [0.25, 0.3) is 0 Å². The van der Waals surface area contributed by atoms with Gasteiger partial charge in [-0.1, -0.05) is 11.6 Å². The number of hydrogen-bond donors (Lipinski definition) is 2. The molecule has 80 valence electrons. The molecule has 0 amide bonds. The topological polar surface area (TPSA) is 44.5 Å². The summed E-state index contributed by atoms with van der Waals surface area (Å²) in [5.74, 6) is 0.919. The van der Waals surface area contributed by atoms with Crippen LogP contribution in [0.3, 0.4) is 0 Å². The number of aromatic amines is 2. The van der Waals surface area contributed by atoms with Crippen molar-refractivity contribution in [3.8, 4) is 0 Å². The lowest BCUT2D eigenvalue weighted by atomic mass is 10.2. The molecule has 0 atom stereocenters. The Morgan fingerprint density at radius 2 is 2.20 bits per heavy atom. The third kappa shape index (κ3) is 3.15. The summed E-state index contributed by atoms with van der Waals surface area (Å²) in [5, 5.41) is 5.72. The first-order chi connectivity index (χ1) is 7.24. The van der Waals surface area contributed by atoms with E-state index in [0.29, 0.717) is 4.77 Å². The molecule has 2 rings (SSSR count). The van der Waals surface area contributed by atoms with Crippen molar-refractivity contribution in [2.24, 2.45) is 0 Å². The molecule has 2 heterocycles. The highest BCUT2D eigenvalue weighted by atomic mass is 35.5. The molecule has 2 N–H and O–H groups in total. The fraction of sp³-hybridized carbons (Fsp3) is 0.333. The van der Waals surface area contributed by atoms with Gasteiger partial charge in [0.2, 0.25) is 4.77 Å². The zero-order valence-electron chi connectivity index (χ0n) is 7.92. The van der Waals surface area contributed by atoms with Crippen molar-refractivity contribution in [3.63, 3.8) is 0 Å². The molecule has 15 heavy (non-hydrogen) atoms. The van der Waals surface area contributed by atoms with Crippen molar-refractivity contribution >= 4 is 35.2 Å². The van der Waals surface area contributed by atoms with Crippen LogP contribution in [0.2, 0.25) is 4.34 Å². The van der Waals surface area contributed by atoms with E-state index in [9.17, 15) is 0 Å². The van der Waals surface area contributed by atoms with Gasteiger partial charge in [-0.05, 0) is 37.2 Å². The Balaban J connectivity index is 1.82. The lowest BCUT2D eigenvalue weighted by molar-refractivity contribution is 0.782. The summed E-state index contributed by atoms with van der Waals surface area (Å²) in [7, 11) is 0. The van der Waals surface area contributed by atoms with Gasteiger partial charge in [0, 0.05) is 11.3 Å². The molecule has 2 aromatic rings. The Kier molecular flexibility index (Phi) is 3.56. The Morgan fingerprint density at radius 1 is 1.33 bits per heavy atom. The fourth-order valence-electron chi connectivity index (χ4n) is 1.34. The maximum absolute atomic E-state index is 5.84. The number of H-pyrrole nitrogens is 2. The van der Waals surface area contributed by atoms with Crippen LogP contribution in [0.15, 0.2) is 12.1 Å². The maximum atomic E-state index is 5.84. The quantitative estimate of drug-likeness (QED) is 0.827. The molecule has 0 fully saturated rings. The van der Waals surface area contributed by atoms with E-state index >= 15 is 0 Å². The highest BCUT2D eigenvalue weighted by Gasteiger charge is 2.00. The minimum Gasteiger partial charge on any atom is -0.286 e. The number of hydrogen-bond acceptors (Lipinski definition) is 3. The number of thiophene rings is 1. The maximum Gasteiger partial charge on any atom is 0.213 e. The smallest absolute Gasteiger partial charge is 0.213 e. The molecular formula is C9H10ClN3S2. The number of aromatic nitrogens is 3. The monoisotopic (exact) mass is 259 g/mol. The van der Waals surface area contributed by atoms with Crippen LogP contribution in [-0.4, -0.2) is 15.2 Å². The SMILES string of the molecule is S=c1nc(CCCc2ccc(Cl)s2)[nH][nH]1. The molecule has 0 spiro atoms. The van der Waals surface area contributed by atoms with Gasteiger partial charge in [0.25, 0.3) is 0 Å². The zero-order valence-corrected chi connectivity index (χ0v) is 10.3. The van der Waals surface area contributed by atoms with E-state index in [1.807, 2.05) is 6.07 Å². The van der Waals surface area contributed by atoms with Gasteiger partial charge in [0.1, 0.15) is 5.82 Å². The van der Waals surface area contributed by atoms with Gasteiger partial charge in [0.05, 0.1) is 4.34 Å². The third-order valence-electron chi connectivity index (χ3n) is 2.02. The normalized spacial score (nSPS) is 10.7. The molecule has 0 aliphatic carbocycles. The van der Waals surface area contributed by atoms with Crippen LogP contribution < -0.4 is 0 Å². The van der Waals surface area contributed by atoms with Crippen LogP contribution in [0, 0.1) is 4.77 Å². The second kappa shape index (κ2) is 4.92. The van der Waals surface area contributed by atoms with Crippen molar-refractivity contribution in [2.45, 2.75) is 19.3 Å². The summed E-state index contributed by atoms with van der Waals surface area (Å²) in [6, 6.07) is 4.00. The zero-order chi connectivity index (χ0) is 10.7. The summed E-state index contributed by atoms with van der Waals surface area (Å²) < 4.78 is 1.37. The van der Waals surface area contributed by atoms with Gasteiger partial charge in [-0.2, -0.15) is 0 Å². The predicted octanol–water partition coefficient (Wildman–Crippen LogP) is 3.36. The fourth-order valence-corrected chi connectivity index (χ4v) is 2.63. The van der Waals surface area contributed by atoms with Crippen molar-refractivity contribution in [1.29, 1.82) is 0 Å². The van der Waals surface area contributed by atoms with Crippen LogP contribution in [-0.2, 0) is 12.8 Å². The average Bonchev–Trinajstić information content (AvgIpc) is 2.76. The molecule has 0 radical (unpaired) electrons. The van der Waals surface area contributed by atoms with Crippen LogP contribution in [0.5, 0.6) is 0 Å². The Labute approximate surface area is 102 Å². The third-order valence-corrected chi connectivity index (χ3v) is 3.50. The number of nitrogens with one attached hydrogen (secondary N) is 2. The predicted molar refractivity (Wildman–Crippen MR) is 65.1 cm³/mol. The first-order valence-electron chi connectivity index (χ1n) is 4.62. The molecule has 2 aromatic heterocycles. The van der Waals surface area contributed by atoms with E-state index in [-0.39, 0.29) is 0 Å². The van der Waals surface area contributed by atoms with Gasteiger partial charge >= 0.3 is 0 Å². The Bertz CT molecular complexity index is 485. The number of nitrogens with zero attached hydrogens (tertiary/aromatic N) is 1. The van der Waals surface area contributed by atoms with E-state index in [2.05, 4.69) is 21.2 Å². The number of aryl methyl sites for hydroxylation is 2. The van der Waals surface area contributed by atoms with E-state index in [1.54, 1.807) is 11.3 Å². The molecule has 0 saturated carbocycles. The second-order valence-corrected chi connectivity index (χ2v) is 5.36. The molecule has 6 heteroatoms. The number of halogens is 1. The molecule has 0 aliphatic rings.